The normalized spacial score (nSPS) is 13.3. The Labute approximate surface area is 174 Å². The van der Waals surface area contributed by atoms with E-state index < -0.39 is 0 Å². The third-order valence-corrected chi connectivity index (χ3v) is 6.56. The molecule has 29 heavy (non-hydrogen) atoms. The summed E-state index contributed by atoms with van der Waals surface area (Å²) in [5, 5.41) is 10.2. The molecule has 4 heterocycles. The van der Waals surface area contributed by atoms with Crippen LogP contribution in [0.1, 0.15) is 26.8 Å². The van der Waals surface area contributed by atoms with Crippen molar-refractivity contribution in [2.24, 2.45) is 0 Å². The number of ether oxygens (including phenoxy) is 1. The number of thiophene rings is 1. The molecule has 1 aliphatic heterocycles. The van der Waals surface area contributed by atoms with Gasteiger partial charge in [0.15, 0.2) is 5.82 Å². The Hall–Kier alpha value is -2.88. The highest BCUT2D eigenvalue weighted by atomic mass is 32.1. The third kappa shape index (κ3) is 3.48. The van der Waals surface area contributed by atoms with Crippen molar-refractivity contribution in [3.05, 3.63) is 57.7 Å². The topological polar surface area (TPSA) is 90.1 Å². The summed E-state index contributed by atoms with van der Waals surface area (Å²) >= 11 is 2.93. The van der Waals surface area contributed by atoms with Crippen LogP contribution in [0.25, 0.3) is 22.0 Å². The quantitative estimate of drug-likeness (QED) is 0.517. The number of carbonyl (C=O) groups excluding carboxylic acids is 1. The van der Waals surface area contributed by atoms with Crippen LogP contribution < -0.4 is 5.32 Å². The van der Waals surface area contributed by atoms with Crippen LogP contribution in [0.15, 0.2) is 40.2 Å². The van der Waals surface area contributed by atoms with Gasteiger partial charge in [-0.1, -0.05) is 35.5 Å². The SMILES string of the molecule is Cc1noc(-c2c(NC(=O)c3csc(-c4ccccc4)n3)sc3c2CCOC3)n1. The summed E-state index contributed by atoms with van der Waals surface area (Å²) in [6, 6.07) is 9.81. The van der Waals surface area contributed by atoms with Crippen molar-refractivity contribution in [1.29, 1.82) is 0 Å². The fourth-order valence-electron chi connectivity index (χ4n) is 3.20. The van der Waals surface area contributed by atoms with Crippen LogP contribution >= 0.6 is 22.7 Å². The molecule has 0 bridgehead atoms. The number of hydrogen-bond donors (Lipinski definition) is 1. The zero-order chi connectivity index (χ0) is 19.8. The summed E-state index contributed by atoms with van der Waals surface area (Å²) in [5.74, 6) is 0.706. The number of rotatable bonds is 4. The number of amides is 1. The minimum Gasteiger partial charge on any atom is -0.376 e. The number of thiazole rings is 1. The zero-order valence-electron chi connectivity index (χ0n) is 15.5. The van der Waals surface area contributed by atoms with Gasteiger partial charge in [0.25, 0.3) is 11.8 Å². The Kier molecular flexibility index (Phi) is 4.70. The van der Waals surface area contributed by atoms with E-state index in [-0.39, 0.29) is 5.91 Å². The molecule has 1 amide bonds. The molecule has 4 aromatic rings. The van der Waals surface area contributed by atoms with Crippen molar-refractivity contribution in [2.75, 3.05) is 11.9 Å². The first-order valence-corrected chi connectivity index (χ1v) is 10.7. The van der Waals surface area contributed by atoms with Crippen molar-refractivity contribution < 1.29 is 14.1 Å². The van der Waals surface area contributed by atoms with E-state index in [2.05, 4.69) is 20.4 Å². The van der Waals surface area contributed by atoms with E-state index in [0.717, 1.165) is 33.0 Å². The second-order valence-corrected chi connectivity index (χ2v) is 8.48. The molecule has 3 aromatic heterocycles. The number of aryl methyl sites for hydroxylation is 1. The van der Waals surface area contributed by atoms with Gasteiger partial charge in [-0.3, -0.25) is 4.79 Å². The van der Waals surface area contributed by atoms with Gasteiger partial charge in [-0.2, -0.15) is 4.98 Å². The van der Waals surface area contributed by atoms with Gasteiger partial charge < -0.3 is 14.6 Å². The van der Waals surface area contributed by atoms with Gasteiger partial charge in [-0.05, 0) is 18.9 Å². The molecule has 0 atom stereocenters. The predicted octanol–water partition coefficient (Wildman–Crippen LogP) is 4.56. The molecule has 0 unspecified atom stereocenters. The highest BCUT2D eigenvalue weighted by Gasteiger charge is 2.27. The number of benzene rings is 1. The largest absolute Gasteiger partial charge is 0.376 e. The van der Waals surface area contributed by atoms with Gasteiger partial charge in [0.2, 0.25) is 0 Å². The van der Waals surface area contributed by atoms with E-state index in [1.54, 1.807) is 12.3 Å². The molecule has 0 radical (unpaired) electrons. The van der Waals surface area contributed by atoms with Crippen LogP contribution in [0.2, 0.25) is 0 Å². The lowest BCUT2D eigenvalue weighted by molar-refractivity contribution is 0.102. The van der Waals surface area contributed by atoms with Crippen LogP contribution in [-0.2, 0) is 17.8 Å². The van der Waals surface area contributed by atoms with Crippen LogP contribution in [0, 0.1) is 6.92 Å². The van der Waals surface area contributed by atoms with E-state index >= 15 is 0 Å². The maximum absolute atomic E-state index is 12.9. The minimum absolute atomic E-state index is 0.263. The smallest absolute Gasteiger partial charge is 0.275 e. The summed E-state index contributed by atoms with van der Waals surface area (Å²) in [6.45, 7) is 2.92. The van der Waals surface area contributed by atoms with Crippen molar-refractivity contribution in [3.8, 4) is 22.0 Å². The highest BCUT2D eigenvalue weighted by molar-refractivity contribution is 7.17. The van der Waals surface area contributed by atoms with E-state index in [4.69, 9.17) is 9.26 Å². The van der Waals surface area contributed by atoms with Gasteiger partial charge in [0.05, 0.1) is 18.8 Å². The Morgan fingerprint density at radius 1 is 1.21 bits per heavy atom. The average Bonchev–Trinajstić information content (AvgIpc) is 3.46. The summed E-state index contributed by atoms with van der Waals surface area (Å²) in [5.41, 5.74) is 3.26. The lowest BCUT2D eigenvalue weighted by Gasteiger charge is -2.12. The number of fused-ring (bicyclic) bond motifs is 1. The number of hydrogen-bond acceptors (Lipinski definition) is 8. The Balaban J connectivity index is 1.47. The first-order chi connectivity index (χ1) is 14.2. The van der Waals surface area contributed by atoms with Gasteiger partial charge >= 0.3 is 0 Å². The van der Waals surface area contributed by atoms with E-state index in [0.29, 0.717) is 35.6 Å². The Bertz CT molecular complexity index is 1180. The Morgan fingerprint density at radius 3 is 2.86 bits per heavy atom. The molecule has 0 spiro atoms. The summed E-state index contributed by atoms with van der Waals surface area (Å²) < 4.78 is 11.0. The molecule has 0 saturated heterocycles. The first-order valence-electron chi connectivity index (χ1n) is 9.04. The molecule has 1 aliphatic rings. The molecular weight excluding hydrogens is 408 g/mol. The molecule has 0 fully saturated rings. The van der Waals surface area contributed by atoms with Gasteiger partial charge in [0.1, 0.15) is 15.7 Å². The zero-order valence-corrected chi connectivity index (χ0v) is 17.1. The molecule has 7 nitrogen and oxygen atoms in total. The lowest BCUT2D eigenvalue weighted by atomic mass is 10.1. The summed E-state index contributed by atoms with van der Waals surface area (Å²) in [4.78, 5) is 22.8. The Morgan fingerprint density at radius 2 is 2.07 bits per heavy atom. The number of carbonyl (C=O) groups is 1. The molecule has 5 rings (SSSR count). The second-order valence-electron chi connectivity index (χ2n) is 6.52. The van der Waals surface area contributed by atoms with Crippen LogP contribution in [0.4, 0.5) is 5.00 Å². The molecule has 9 heteroatoms. The van der Waals surface area contributed by atoms with Gasteiger partial charge in [-0.15, -0.1) is 22.7 Å². The van der Waals surface area contributed by atoms with Crippen molar-refractivity contribution in [2.45, 2.75) is 20.0 Å². The predicted molar refractivity (Wildman–Crippen MR) is 111 cm³/mol. The van der Waals surface area contributed by atoms with Gasteiger partial charge in [0, 0.05) is 15.8 Å². The fraction of sp³-hybridized carbons (Fsp3) is 0.200. The van der Waals surface area contributed by atoms with E-state index in [1.165, 1.54) is 22.7 Å². The number of nitrogens with zero attached hydrogens (tertiary/aromatic N) is 3. The van der Waals surface area contributed by atoms with Crippen LogP contribution in [0.5, 0.6) is 0 Å². The molecule has 146 valence electrons. The van der Waals surface area contributed by atoms with Crippen molar-refractivity contribution in [1.82, 2.24) is 15.1 Å². The van der Waals surface area contributed by atoms with Crippen molar-refractivity contribution >= 4 is 33.6 Å². The first kappa shape index (κ1) is 18.2. The summed E-state index contributed by atoms with van der Waals surface area (Å²) in [6.07, 6.45) is 0.743. The summed E-state index contributed by atoms with van der Waals surface area (Å²) in [7, 11) is 0. The average molecular weight is 425 g/mol. The molecule has 1 N–H and O–H groups in total. The van der Waals surface area contributed by atoms with Gasteiger partial charge in [-0.25, -0.2) is 4.98 Å². The maximum Gasteiger partial charge on any atom is 0.275 e. The monoisotopic (exact) mass is 424 g/mol. The molecule has 0 aliphatic carbocycles. The number of anilines is 1. The highest BCUT2D eigenvalue weighted by Crippen LogP contribution is 2.42. The molecular formula is C20H16N4O3S2. The maximum atomic E-state index is 12.9. The standard InChI is InChI=1S/C20H16N4O3S2/c1-11-21-18(27-24-11)16-13-7-8-26-9-15(13)29-20(16)23-17(25)14-10-28-19(22-14)12-5-3-2-4-6-12/h2-6,10H,7-9H2,1H3,(H,23,25). The fourth-order valence-corrected chi connectivity index (χ4v) is 5.18. The third-order valence-electron chi connectivity index (χ3n) is 4.55. The second kappa shape index (κ2) is 7.51. The molecule has 0 saturated carbocycles. The number of nitrogens with one attached hydrogen (secondary N) is 1. The lowest BCUT2D eigenvalue weighted by Crippen LogP contribution is -2.12. The molecule has 1 aromatic carbocycles. The number of aromatic nitrogens is 3. The van der Waals surface area contributed by atoms with Crippen LogP contribution in [0.3, 0.4) is 0 Å². The minimum atomic E-state index is -0.263. The van der Waals surface area contributed by atoms with Crippen molar-refractivity contribution in [3.63, 3.8) is 0 Å². The van der Waals surface area contributed by atoms with E-state index in [1.807, 2.05) is 30.3 Å². The van der Waals surface area contributed by atoms with E-state index in [9.17, 15) is 4.79 Å². The van der Waals surface area contributed by atoms with Crippen LogP contribution in [-0.4, -0.2) is 27.6 Å².